The molecule has 3 aromatic rings. The average molecular weight is 381 g/mol. The zero-order chi connectivity index (χ0) is 15.9. The Balaban J connectivity index is 0.000000980. The summed E-state index contributed by atoms with van der Waals surface area (Å²) >= 11 is 0. The molecule has 4 nitrogen and oxygen atoms in total. The van der Waals surface area contributed by atoms with Crippen LogP contribution in [0.5, 0.6) is 0 Å². The van der Waals surface area contributed by atoms with Crippen LogP contribution in [0.2, 0.25) is 0 Å². The largest absolute Gasteiger partial charge is 0.355 e. The minimum Gasteiger partial charge on any atom is -0.355 e. The van der Waals surface area contributed by atoms with Crippen molar-refractivity contribution < 1.29 is 16.5 Å². The van der Waals surface area contributed by atoms with Gasteiger partial charge in [0.15, 0.2) is 0 Å². The van der Waals surface area contributed by atoms with Crippen LogP contribution in [0.15, 0.2) is 48.5 Å². The normalized spacial score (nSPS) is 11.7. The molecule has 26 heavy (non-hydrogen) atoms. The number of aromatic nitrogens is 4. The molecule has 2 aliphatic rings. The molecule has 0 amide bonds. The Morgan fingerprint density at radius 1 is 0.500 bits per heavy atom. The second-order valence-electron chi connectivity index (χ2n) is 5.91. The Hall–Kier alpha value is -2.91. The van der Waals surface area contributed by atoms with E-state index >= 15 is 0 Å². The van der Waals surface area contributed by atoms with Crippen molar-refractivity contribution in [3.8, 4) is 0 Å². The molecular weight excluding hydrogens is 367 g/mol. The summed E-state index contributed by atoms with van der Waals surface area (Å²) in [5.41, 5.74) is 7.86. The number of hydrogen-bond donors (Lipinski definition) is 2. The van der Waals surface area contributed by atoms with Crippen LogP contribution in [0.1, 0.15) is 22.8 Å². The van der Waals surface area contributed by atoms with Crippen molar-refractivity contribution in [3.05, 3.63) is 78.7 Å². The third kappa shape index (κ3) is 3.53. The van der Waals surface area contributed by atoms with Crippen LogP contribution >= 0.6 is 0 Å². The fraction of sp³-hybridized carbons (Fsp3) is 0. The van der Waals surface area contributed by atoms with Crippen LogP contribution in [-0.4, -0.2) is 19.9 Å². The SMILES string of the molecule is C1=Cc2cc3ccc(cc4nc(cc5ccc(cc1n2)[nH]5)C=C4)[nH]3.[C].[Ni]. The molecule has 0 fully saturated rings. The molecule has 5 heteroatoms. The van der Waals surface area contributed by atoms with E-state index in [1.165, 1.54) is 0 Å². The van der Waals surface area contributed by atoms with Crippen molar-refractivity contribution in [1.82, 2.24) is 19.9 Å². The zero-order valence-corrected chi connectivity index (χ0v) is 14.6. The second kappa shape index (κ2) is 7.14. The Morgan fingerprint density at radius 2 is 0.769 bits per heavy atom. The average Bonchev–Trinajstić information content (AvgIpc) is 3.32. The maximum Gasteiger partial charge on any atom is 0.0658 e. The molecule has 3 aromatic heterocycles. The molecule has 128 valence electrons. The van der Waals surface area contributed by atoms with E-state index in [9.17, 15) is 0 Å². The zero-order valence-electron chi connectivity index (χ0n) is 13.6. The van der Waals surface area contributed by atoms with E-state index in [1.54, 1.807) is 0 Å². The molecule has 2 aliphatic heterocycles. The van der Waals surface area contributed by atoms with Gasteiger partial charge in [0.2, 0.25) is 0 Å². The molecule has 0 spiro atoms. The van der Waals surface area contributed by atoms with E-state index in [0.29, 0.717) is 0 Å². The van der Waals surface area contributed by atoms with Gasteiger partial charge in [0.25, 0.3) is 0 Å². The topological polar surface area (TPSA) is 57.4 Å². The van der Waals surface area contributed by atoms with Crippen molar-refractivity contribution in [1.29, 1.82) is 0 Å². The number of fused-ring (bicyclic) bond motifs is 8. The van der Waals surface area contributed by atoms with Crippen LogP contribution in [0.3, 0.4) is 0 Å². The molecule has 5 heterocycles. The molecule has 5 rings (SSSR count). The van der Waals surface area contributed by atoms with Gasteiger partial charge in [-0.05, 0) is 72.8 Å². The van der Waals surface area contributed by atoms with Gasteiger partial charge in [-0.2, -0.15) is 0 Å². The Morgan fingerprint density at radius 3 is 1.04 bits per heavy atom. The number of hydrogen-bond acceptors (Lipinski definition) is 2. The van der Waals surface area contributed by atoms with Gasteiger partial charge in [0.1, 0.15) is 0 Å². The first-order chi connectivity index (χ1) is 11.8. The number of H-pyrrole nitrogens is 2. The van der Waals surface area contributed by atoms with Gasteiger partial charge in [-0.3, -0.25) is 0 Å². The summed E-state index contributed by atoms with van der Waals surface area (Å²) in [6.45, 7) is 0. The van der Waals surface area contributed by atoms with Crippen LogP contribution < -0.4 is 0 Å². The van der Waals surface area contributed by atoms with E-state index in [2.05, 4.69) is 44.2 Å². The Labute approximate surface area is 161 Å². The molecule has 0 saturated carbocycles. The minimum absolute atomic E-state index is 0. The fourth-order valence-corrected chi connectivity index (χ4v) is 2.94. The fourth-order valence-electron chi connectivity index (χ4n) is 2.94. The van der Waals surface area contributed by atoms with Gasteiger partial charge in [-0.1, -0.05) is 0 Å². The molecule has 0 aromatic carbocycles. The van der Waals surface area contributed by atoms with Gasteiger partial charge >= 0.3 is 0 Å². The van der Waals surface area contributed by atoms with Gasteiger partial charge in [0.05, 0.1) is 22.8 Å². The summed E-state index contributed by atoms with van der Waals surface area (Å²) < 4.78 is 0. The van der Waals surface area contributed by atoms with E-state index in [-0.39, 0.29) is 23.9 Å². The standard InChI is InChI=1S/C20H14N4.C.Ni/c1-2-14-10-16-5-6-18(23-16)12-20-8-7-19(24-20)11-17-4-3-15(22-17)9-13(1)21-14;;/h1-12,21,24H;;. The van der Waals surface area contributed by atoms with Gasteiger partial charge in [-0.15, -0.1) is 0 Å². The van der Waals surface area contributed by atoms with Crippen LogP contribution in [0.4, 0.5) is 0 Å². The van der Waals surface area contributed by atoms with Crippen LogP contribution in [0, 0.1) is 7.43 Å². The summed E-state index contributed by atoms with van der Waals surface area (Å²) in [4.78, 5) is 16.0. The summed E-state index contributed by atoms with van der Waals surface area (Å²) in [6.07, 6.45) is 8.09. The molecule has 0 saturated heterocycles. The van der Waals surface area contributed by atoms with E-state index in [0.717, 1.165) is 44.8 Å². The maximum absolute atomic E-state index is 4.63. The van der Waals surface area contributed by atoms with Crippen molar-refractivity contribution in [2.75, 3.05) is 0 Å². The summed E-state index contributed by atoms with van der Waals surface area (Å²) in [7, 11) is 0. The molecule has 0 atom stereocenters. The smallest absolute Gasteiger partial charge is 0.0658 e. The molecule has 2 N–H and O–H groups in total. The number of aromatic amines is 2. The first kappa shape index (κ1) is 17.9. The van der Waals surface area contributed by atoms with E-state index < -0.39 is 0 Å². The van der Waals surface area contributed by atoms with Crippen LogP contribution in [0.25, 0.3) is 46.4 Å². The number of rotatable bonds is 0. The minimum atomic E-state index is 0. The molecular formula is C21H14N4Ni. The Bertz CT molecular complexity index is 990. The number of nitrogens with one attached hydrogen (secondary N) is 2. The van der Waals surface area contributed by atoms with Crippen molar-refractivity contribution in [2.45, 2.75) is 0 Å². The number of nitrogens with zero attached hydrogens (tertiary/aromatic N) is 2. The molecule has 4 radical (unpaired) electrons. The van der Waals surface area contributed by atoms with Crippen LogP contribution in [-0.2, 0) is 16.5 Å². The third-order valence-electron chi connectivity index (χ3n) is 4.04. The van der Waals surface area contributed by atoms with E-state index in [1.807, 2.05) is 48.6 Å². The molecule has 0 aliphatic carbocycles. The first-order valence-electron chi connectivity index (χ1n) is 7.85. The first-order valence-corrected chi connectivity index (χ1v) is 7.85. The maximum atomic E-state index is 4.63. The van der Waals surface area contributed by atoms with Crippen molar-refractivity contribution in [2.24, 2.45) is 0 Å². The summed E-state index contributed by atoms with van der Waals surface area (Å²) in [6, 6.07) is 16.4. The Kier molecular flexibility index (Phi) is 4.92. The third-order valence-corrected chi connectivity index (χ3v) is 4.04. The second-order valence-corrected chi connectivity index (χ2v) is 5.91. The predicted molar refractivity (Wildman–Crippen MR) is 102 cm³/mol. The molecule has 0 unspecified atom stereocenters. The van der Waals surface area contributed by atoms with E-state index in [4.69, 9.17) is 0 Å². The van der Waals surface area contributed by atoms with Gasteiger partial charge < -0.3 is 9.97 Å². The molecule has 8 bridgehead atoms. The summed E-state index contributed by atoms with van der Waals surface area (Å²) in [5, 5.41) is 0. The van der Waals surface area contributed by atoms with Gasteiger partial charge in [-0.25, -0.2) is 9.97 Å². The van der Waals surface area contributed by atoms with Crippen molar-refractivity contribution >= 4 is 46.4 Å². The van der Waals surface area contributed by atoms with Crippen molar-refractivity contribution in [3.63, 3.8) is 0 Å². The monoisotopic (exact) mass is 380 g/mol. The predicted octanol–water partition coefficient (Wildman–Crippen LogP) is 4.73. The van der Waals surface area contributed by atoms with Gasteiger partial charge in [0, 0.05) is 46.0 Å². The quantitative estimate of drug-likeness (QED) is 0.381. The summed E-state index contributed by atoms with van der Waals surface area (Å²) in [5.74, 6) is 0.